The van der Waals surface area contributed by atoms with Crippen molar-refractivity contribution in [2.24, 2.45) is 0 Å². The van der Waals surface area contributed by atoms with E-state index < -0.39 is 0 Å². The summed E-state index contributed by atoms with van der Waals surface area (Å²) in [5.74, 6) is 0.934. The third-order valence-electron chi connectivity index (χ3n) is 4.65. The molecule has 1 aliphatic rings. The minimum Gasteiger partial charge on any atom is -0.366 e. The zero-order valence-electron chi connectivity index (χ0n) is 15.2. The molecule has 0 amide bonds. The van der Waals surface area contributed by atoms with Crippen molar-refractivity contribution in [1.29, 1.82) is 0 Å². The standard InChI is InChI=1S/C20H28N4/c1-15-11-19(22-14-21-15)23-18-9-10-24(13-18)12-16-5-7-17(8-6-16)20(2,3)4/h5-8,11,14,18H,9-10,12-13H2,1-4H3,(H,21,22,23). The quantitative estimate of drug-likeness (QED) is 0.929. The number of hydrogen-bond acceptors (Lipinski definition) is 4. The first kappa shape index (κ1) is 16.9. The van der Waals surface area contributed by atoms with Crippen molar-refractivity contribution in [3.63, 3.8) is 0 Å². The molecule has 4 heteroatoms. The monoisotopic (exact) mass is 324 g/mol. The number of nitrogens with zero attached hydrogens (tertiary/aromatic N) is 3. The number of likely N-dealkylation sites (tertiary alicyclic amines) is 1. The van der Waals surface area contributed by atoms with Gasteiger partial charge in [0.2, 0.25) is 0 Å². The molecule has 1 aliphatic heterocycles. The molecule has 0 aliphatic carbocycles. The molecule has 128 valence electrons. The van der Waals surface area contributed by atoms with Crippen LogP contribution in [0.3, 0.4) is 0 Å². The van der Waals surface area contributed by atoms with E-state index in [0.717, 1.165) is 37.6 Å². The average Bonchev–Trinajstić information content (AvgIpc) is 2.94. The van der Waals surface area contributed by atoms with Gasteiger partial charge in [-0.2, -0.15) is 0 Å². The van der Waals surface area contributed by atoms with Crippen LogP contribution in [-0.4, -0.2) is 34.0 Å². The van der Waals surface area contributed by atoms with Crippen molar-refractivity contribution in [2.75, 3.05) is 18.4 Å². The van der Waals surface area contributed by atoms with Crippen LogP contribution in [0.4, 0.5) is 5.82 Å². The fourth-order valence-corrected chi connectivity index (χ4v) is 3.21. The summed E-state index contributed by atoms with van der Waals surface area (Å²) in [6.07, 6.45) is 2.78. The molecular formula is C20H28N4. The maximum absolute atomic E-state index is 4.30. The van der Waals surface area contributed by atoms with Crippen molar-refractivity contribution in [3.05, 3.63) is 53.5 Å². The van der Waals surface area contributed by atoms with E-state index in [2.05, 4.69) is 65.2 Å². The van der Waals surface area contributed by atoms with Crippen LogP contribution in [0.2, 0.25) is 0 Å². The maximum Gasteiger partial charge on any atom is 0.129 e. The van der Waals surface area contributed by atoms with Crippen LogP contribution >= 0.6 is 0 Å². The van der Waals surface area contributed by atoms with Crippen molar-refractivity contribution in [3.8, 4) is 0 Å². The van der Waals surface area contributed by atoms with E-state index in [9.17, 15) is 0 Å². The van der Waals surface area contributed by atoms with Crippen molar-refractivity contribution >= 4 is 5.82 Å². The Labute approximate surface area is 145 Å². The number of anilines is 1. The first-order valence-electron chi connectivity index (χ1n) is 8.77. The van der Waals surface area contributed by atoms with Crippen LogP contribution in [0.1, 0.15) is 44.0 Å². The lowest BCUT2D eigenvalue weighted by Gasteiger charge is -2.20. The Morgan fingerprint density at radius 1 is 1.17 bits per heavy atom. The summed E-state index contributed by atoms with van der Waals surface area (Å²) in [4.78, 5) is 11.0. The largest absolute Gasteiger partial charge is 0.366 e. The molecule has 1 atom stereocenters. The van der Waals surface area contributed by atoms with Gasteiger partial charge in [0.05, 0.1) is 0 Å². The molecule has 4 nitrogen and oxygen atoms in total. The Bertz CT molecular complexity index is 673. The van der Waals surface area contributed by atoms with Gasteiger partial charge in [0.25, 0.3) is 0 Å². The van der Waals surface area contributed by atoms with Gasteiger partial charge in [-0.1, -0.05) is 45.0 Å². The number of aromatic nitrogens is 2. The number of rotatable bonds is 4. The molecule has 1 unspecified atom stereocenters. The molecule has 0 bridgehead atoms. The summed E-state index contributed by atoms with van der Waals surface area (Å²) in [6.45, 7) is 12.0. The van der Waals surface area contributed by atoms with E-state index in [-0.39, 0.29) is 5.41 Å². The summed E-state index contributed by atoms with van der Waals surface area (Å²) in [7, 11) is 0. The lowest BCUT2D eigenvalue weighted by molar-refractivity contribution is 0.328. The summed E-state index contributed by atoms with van der Waals surface area (Å²) < 4.78 is 0. The highest BCUT2D eigenvalue weighted by Gasteiger charge is 2.23. The predicted octanol–water partition coefficient (Wildman–Crippen LogP) is 3.77. The second-order valence-electron chi connectivity index (χ2n) is 7.86. The number of aryl methyl sites for hydroxylation is 1. The lowest BCUT2D eigenvalue weighted by Crippen LogP contribution is -2.26. The molecule has 1 fully saturated rings. The van der Waals surface area contributed by atoms with Gasteiger partial charge in [0.15, 0.2) is 0 Å². The van der Waals surface area contributed by atoms with E-state index in [4.69, 9.17) is 0 Å². The van der Waals surface area contributed by atoms with Gasteiger partial charge in [-0.15, -0.1) is 0 Å². The third-order valence-corrected chi connectivity index (χ3v) is 4.65. The van der Waals surface area contributed by atoms with E-state index in [1.165, 1.54) is 11.1 Å². The molecule has 2 heterocycles. The van der Waals surface area contributed by atoms with Gasteiger partial charge < -0.3 is 5.32 Å². The normalized spacial score (nSPS) is 18.8. The fourth-order valence-electron chi connectivity index (χ4n) is 3.21. The third kappa shape index (κ3) is 4.32. The van der Waals surface area contributed by atoms with E-state index in [1.54, 1.807) is 6.33 Å². The molecule has 1 N–H and O–H groups in total. The average molecular weight is 324 g/mol. The van der Waals surface area contributed by atoms with Crippen molar-refractivity contribution in [1.82, 2.24) is 14.9 Å². The molecule has 2 aromatic rings. The van der Waals surface area contributed by atoms with Crippen molar-refractivity contribution in [2.45, 2.75) is 52.1 Å². The van der Waals surface area contributed by atoms with Gasteiger partial charge in [-0.3, -0.25) is 4.90 Å². The Balaban J connectivity index is 1.54. The Hall–Kier alpha value is -1.94. The smallest absolute Gasteiger partial charge is 0.129 e. The minimum absolute atomic E-state index is 0.219. The van der Waals surface area contributed by atoms with Crippen LogP contribution in [0, 0.1) is 6.92 Å². The predicted molar refractivity (Wildman–Crippen MR) is 99.2 cm³/mol. The molecule has 1 saturated heterocycles. The summed E-state index contributed by atoms with van der Waals surface area (Å²) >= 11 is 0. The van der Waals surface area contributed by atoms with Crippen LogP contribution in [0.5, 0.6) is 0 Å². The zero-order valence-corrected chi connectivity index (χ0v) is 15.2. The molecule has 24 heavy (non-hydrogen) atoms. The molecule has 0 saturated carbocycles. The van der Waals surface area contributed by atoms with E-state index >= 15 is 0 Å². The Kier molecular flexibility index (Phi) is 4.86. The fraction of sp³-hybridized carbons (Fsp3) is 0.500. The van der Waals surface area contributed by atoms with E-state index in [0.29, 0.717) is 6.04 Å². The molecule has 1 aromatic heterocycles. The van der Waals surface area contributed by atoms with Crippen LogP contribution in [0.25, 0.3) is 0 Å². The first-order valence-corrected chi connectivity index (χ1v) is 8.77. The Morgan fingerprint density at radius 3 is 2.58 bits per heavy atom. The Morgan fingerprint density at radius 2 is 1.92 bits per heavy atom. The number of benzene rings is 1. The van der Waals surface area contributed by atoms with Gasteiger partial charge in [-0.25, -0.2) is 9.97 Å². The number of nitrogens with one attached hydrogen (secondary N) is 1. The molecular weight excluding hydrogens is 296 g/mol. The van der Waals surface area contributed by atoms with Crippen LogP contribution in [0.15, 0.2) is 36.7 Å². The number of hydrogen-bond donors (Lipinski definition) is 1. The van der Waals surface area contributed by atoms with Gasteiger partial charge in [0, 0.05) is 37.4 Å². The van der Waals surface area contributed by atoms with Crippen LogP contribution in [-0.2, 0) is 12.0 Å². The van der Waals surface area contributed by atoms with Gasteiger partial charge >= 0.3 is 0 Å². The van der Waals surface area contributed by atoms with Crippen LogP contribution < -0.4 is 5.32 Å². The molecule has 0 spiro atoms. The second-order valence-corrected chi connectivity index (χ2v) is 7.86. The van der Waals surface area contributed by atoms with Crippen molar-refractivity contribution < 1.29 is 0 Å². The lowest BCUT2D eigenvalue weighted by atomic mass is 9.87. The molecule has 3 rings (SSSR count). The summed E-state index contributed by atoms with van der Waals surface area (Å²) in [5.41, 5.74) is 4.01. The van der Waals surface area contributed by atoms with Gasteiger partial charge in [0.1, 0.15) is 12.1 Å². The summed E-state index contributed by atoms with van der Waals surface area (Å²) in [5, 5.41) is 3.53. The van der Waals surface area contributed by atoms with Gasteiger partial charge in [-0.05, 0) is 29.9 Å². The highest BCUT2D eigenvalue weighted by molar-refractivity contribution is 5.36. The summed E-state index contributed by atoms with van der Waals surface area (Å²) in [6, 6.07) is 11.6. The van der Waals surface area contributed by atoms with E-state index in [1.807, 2.05) is 13.0 Å². The zero-order chi connectivity index (χ0) is 17.2. The minimum atomic E-state index is 0.219. The topological polar surface area (TPSA) is 41.0 Å². The first-order chi connectivity index (χ1) is 11.4. The molecule has 0 radical (unpaired) electrons. The SMILES string of the molecule is Cc1cc(NC2CCN(Cc3ccc(C(C)(C)C)cc3)C2)ncn1. The highest BCUT2D eigenvalue weighted by Crippen LogP contribution is 2.23. The second kappa shape index (κ2) is 6.89. The highest BCUT2D eigenvalue weighted by atomic mass is 15.2. The molecule has 1 aromatic carbocycles. The maximum atomic E-state index is 4.30.